The first-order valence-electron chi connectivity index (χ1n) is 10.5. The van der Waals surface area contributed by atoms with E-state index in [1.165, 1.54) is 0 Å². The van der Waals surface area contributed by atoms with Gasteiger partial charge in [-0.3, -0.25) is 9.59 Å². The smallest absolute Gasteiger partial charge is 0.261 e. The molecule has 0 bridgehead atoms. The molecule has 0 fully saturated rings. The van der Waals surface area contributed by atoms with Crippen LogP contribution in [0.15, 0.2) is 48.5 Å². The molecule has 2 aromatic rings. The highest BCUT2D eigenvalue weighted by molar-refractivity contribution is 6.31. The first kappa shape index (κ1) is 23.7. The average molecular weight is 431 g/mol. The van der Waals surface area contributed by atoms with E-state index in [9.17, 15) is 9.59 Å². The lowest BCUT2D eigenvalue weighted by Gasteiger charge is -2.31. The topological polar surface area (TPSA) is 58.6 Å². The Morgan fingerprint density at radius 2 is 1.80 bits per heavy atom. The monoisotopic (exact) mass is 430 g/mol. The summed E-state index contributed by atoms with van der Waals surface area (Å²) < 4.78 is 5.76. The molecule has 1 atom stereocenters. The van der Waals surface area contributed by atoms with Crippen LogP contribution in [0.5, 0.6) is 5.75 Å². The number of para-hydroxylation sites is 1. The fourth-order valence-electron chi connectivity index (χ4n) is 3.18. The van der Waals surface area contributed by atoms with Gasteiger partial charge in [0, 0.05) is 18.1 Å². The fourth-order valence-corrected chi connectivity index (χ4v) is 3.37. The number of nitrogens with zero attached hydrogens (tertiary/aromatic N) is 1. The molecule has 0 aliphatic rings. The van der Waals surface area contributed by atoms with Crippen LogP contribution in [0.2, 0.25) is 5.02 Å². The highest BCUT2D eigenvalue weighted by Crippen LogP contribution is 2.21. The summed E-state index contributed by atoms with van der Waals surface area (Å²) >= 11 is 6.33. The number of rotatable bonds is 11. The quantitative estimate of drug-likeness (QED) is 0.523. The van der Waals surface area contributed by atoms with Crippen LogP contribution in [0.1, 0.15) is 44.2 Å². The summed E-state index contributed by atoms with van der Waals surface area (Å²) in [6.45, 7) is 6.60. The van der Waals surface area contributed by atoms with Crippen LogP contribution in [0.4, 0.5) is 0 Å². The van der Waals surface area contributed by atoms with Crippen LogP contribution in [-0.2, 0) is 16.1 Å². The number of amides is 2. The number of halogens is 1. The number of benzene rings is 2. The third kappa shape index (κ3) is 6.77. The van der Waals surface area contributed by atoms with Gasteiger partial charge in [-0.25, -0.2) is 0 Å². The fraction of sp³-hybridized carbons (Fsp3) is 0.417. The van der Waals surface area contributed by atoms with Crippen molar-refractivity contribution in [2.75, 3.05) is 13.2 Å². The normalized spacial score (nSPS) is 11.6. The molecule has 0 aliphatic carbocycles. The average Bonchev–Trinajstić information content (AvgIpc) is 2.74. The van der Waals surface area contributed by atoms with Gasteiger partial charge in [-0.05, 0) is 43.0 Å². The SMILES string of the molecule is CCCCNC(=O)[C@H](CC)N(Cc1ccccc1Cl)C(=O)COc1ccccc1C. The van der Waals surface area contributed by atoms with E-state index in [4.69, 9.17) is 16.3 Å². The number of hydrogen-bond acceptors (Lipinski definition) is 3. The summed E-state index contributed by atoms with van der Waals surface area (Å²) in [5, 5.41) is 3.51. The van der Waals surface area contributed by atoms with Crippen LogP contribution in [0.3, 0.4) is 0 Å². The molecule has 0 saturated heterocycles. The predicted octanol–water partition coefficient (Wildman–Crippen LogP) is 4.75. The summed E-state index contributed by atoms with van der Waals surface area (Å²) in [5.74, 6) is 0.252. The second-order valence-electron chi connectivity index (χ2n) is 7.24. The van der Waals surface area contributed by atoms with Crippen molar-refractivity contribution in [2.24, 2.45) is 0 Å². The van der Waals surface area contributed by atoms with Gasteiger partial charge in [-0.2, -0.15) is 0 Å². The first-order valence-corrected chi connectivity index (χ1v) is 10.8. The Morgan fingerprint density at radius 3 is 2.47 bits per heavy atom. The maximum absolute atomic E-state index is 13.2. The van der Waals surface area contributed by atoms with Gasteiger partial charge < -0.3 is 15.0 Å². The molecule has 0 spiro atoms. The molecular weight excluding hydrogens is 400 g/mol. The van der Waals surface area contributed by atoms with Crippen LogP contribution in [-0.4, -0.2) is 35.9 Å². The molecule has 5 nitrogen and oxygen atoms in total. The van der Waals surface area contributed by atoms with Gasteiger partial charge in [-0.1, -0.05) is 68.3 Å². The molecule has 1 N–H and O–H groups in total. The Morgan fingerprint density at radius 1 is 1.10 bits per heavy atom. The summed E-state index contributed by atoms with van der Waals surface area (Å²) in [5.41, 5.74) is 1.75. The van der Waals surface area contributed by atoms with Gasteiger partial charge in [0.15, 0.2) is 6.61 Å². The van der Waals surface area contributed by atoms with E-state index in [0.29, 0.717) is 23.7 Å². The van der Waals surface area contributed by atoms with Crippen LogP contribution in [0.25, 0.3) is 0 Å². The molecule has 0 heterocycles. The molecule has 2 rings (SSSR count). The minimum Gasteiger partial charge on any atom is -0.484 e. The van der Waals surface area contributed by atoms with Crippen molar-refractivity contribution in [2.45, 2.75) is 52.6 Å². The van der Waals surface area contributed by atoms with Crippen LogP contribution in [0, 0.1) is 6.92 Å². The van der Waals surface area contributed by atoms with Gasteiger partial charge in [0.1, 0.15) is 11.8 Å². The zero-order chi connectivity index (χ0) is 21.9. The number of unbranched alkanes of at least 4 members (excludes halogenated alkanes) is 1. The summed E-state index contributed by atoms with van der Waals surface area (Å²) in [7, 11) is 0. The van der Waals surface area contributed by atoms with Crippen molar-refractivity contribution >= 4 is 23.4 Å². The standard InChI is InChI=1S/C24H31ClN2O3/c1-4-6-15-26-24(29)21(5-2)27(16-19-12-8-9-13-20(19)25)23(28)17-30-22-14-10-7-11-18(22)3/h7-14,21H,4-6,15-17H2,1-3H3,(H,26,29)/t21-/m0/s1. The molecule has 6 heteroatoms. The van der Waals surface area contributed by atoms with Gasteiger partial charge >= 0.3 is 0 Å². The summed E-state index contributed by atoms with van der Waals surface area (Å²) in [6, 6.07) is 14.3. The van der Waals surface area contributed by atoms with E-state index in [1.54, 1.807) is 11.0 Å². The van der Waals surface area contributed by atoms with Crippen LogP contribution >= 0.6 is 11.6 Å². The molecule has 0 radical (unpaired) electrons. The second kappa shape index (κ2) is 12.2. The Kier molecular flexibility index (Phi) is 9.68. The zero-order valence-electron chi connectivity index (χ0n) is 18.0. The Hall–Kier alpha value is -2.53. The molecule has 2 amide bonds. The van der Waals surface area contributed by atoms with Crippen molar-refractivity contribution in [1.82, 2.24) is 10.2 Å². The molecule has 0 unspecified atom stereocenters. The van der Waals surface area contributed by atoms with E-state index in [0.717, 1.165) is 24.0 Å². The van der Waals surface area contributed by atoms with E-state index in [-0.39, 0.29) is 25.0 Å². The number of ether oxygens (including phenoxy) is 1. The number of carbonyl (C=O) groups is 2. The van der Waals surface area contributed by atoms with Crippen molar-refractivity contribution in [3.05, 3.63) is 64.7 Å². The number of hydrogen-bond donors (Lipinski definition) is 1. The van der Waals surface area contributed by atoms with Crippen molar-refractivity contribution in [1.29, 1.82) is 0 Å². The molecular formula is C24H31ClN2O3. The first-order chi connectivity index (χ1) is 14.5. The van der Waals surface area contributed by atoms with Crippen LogP contribution < -0.4 is 10.1 Å². The Bertz CT molecular complexity index is 841. The van der Waals surface area contributed by atoms with E-state index >= 15 is 0 Å². The number of nitrogens with one attached hydrogen (secondary N) is 1. The van der Waals surface area contributed by atoms with Gasteiger partial charge in [0.25, 0.3) is 5.91 Å². The number of carbonyl (C=O) groups excluding carboxylic acids is 2. The highest BCUT2D eigenvalue weighted by Gasteiger charge is 2.29. The lowest BCUT2D eigenvalue weighted by molar-refractivity contribution is -0.143. The Balaban J connectivity index is 2.20. The summed E-state index contributed by atoms with van der Waals surface area (Å²) in [4.78, 5) is 27.5. The molecule has 162 valence electrons. The van der Waals surface area contributed by atoms with Crippen molar-refractivity contribution in [3.8, 4) is 5.75 Å². The van der Waals surface area contributed by atoms with Gasteiger partial charge in [0.05, 0.1) is 0 Å². The Labute approximate surface area is 184 Å². The molecule has 30 heavy (non-hydrogen) atoms. The van der Waals surface area contributed by atoms with E-state index in [2.05, 4.69) is 12.2 Å². The predicted molar refractivity (Wildman–Crippen MR) is 121 cm³/mol. The number of aryl methyl sites for hydroxylation is 1. The van der Waals surface area contributed by atoms with Gasteiger partial charge in [-0.15, -0.1) is 0 Å². The van der Waals surface area contributed by atoms with Crippen molar-refractivity contribution < 1.29 is 14.3 Å². The van der Waals surface area contributed by atoms with E-state index in [1.807, 2.05) is 56.3 Å². The second-order valence-corrected chi connectivity index (χ2v) is 7.64. The largest absolute Gasteiger partial charge is 0.484 e. The third-order valence-corrected chi connectivity index (χ3v) is 5.33. The summed E-state index contributed by atoms with van der Waals surface area (Å²) in [6.07, 6.45) is 2.39. The zero-order valence-corrected chi connectivity index (χ0v) is 18.7. The third-order valence-electron chi connectivity index (χ3n) is 4.96. The minimum atomic E-state index is -0.592. The van der Waals surface area contributed by atoms with Gasteiger partial charge in [0.2, 0.25) is 5.91 Å². The lowest BCUT2D eigenvalue weighted by atomic mass is 10.1. The maximum atomic E-state index is 13.2. The maximum Gasteiger partial charge on any atom is 0.261 e. The molecule has 0 saturated carbocycles. The minimum absolute atomic E-state index is 0.145. The van der Waals surface area contributed by atoms with Crippen molar-refractivity contribution in [3.63, 3.8) is 0 Å². The highest BCUT2D eigenvalue weighted by atomic mass is 35.5. The molecule has 0 aliphatic heterocycles. The molecule has 0 aromatic heterocycles. The lowest BCUT2D eigenvalue weighted by Crippen LogP contribution is -2.50. The van der Waals surface area contributed by atoms with E-state index < -0.39 is 6.04 Å². The molecule has 2 aromatic carbocycles.